The van der Waals surface area contributed by atoms with Crippen LogP contribution in [0.3, 0.4) is 0 Å². The Labute approximate surface area is 151 Å². The van der Waals surface area contributed by atoms with Crippen molar-refractivity contribution in [2.24, 2.45) is 5.10 Å². The summed E-state index contributed by atoms with van der Waals surface area (Å²) in [6, 6.07) is 12.8. The van der Waals surface area contributed by atoms with E-state index < -0.39 is 0 Å². The number of allylic oxidation sites excluding steroid dienone is 4. The van der Waals surface area contributed by atoms with Crippen LogP contribution >= 0.6 is 0 Å². The van der Waals surface area contributed by atoms with E-state index in [1.807, 2.05) is 6.21 Å². The van der Waals surface area contributed by atoms with Gasteiger partial charge in [-0.2, -0.15) is 5.10 Å². The topological polar surface area (TPSA) is 24.4 Å². The summed E-state index contributed by atoms with van der Waals surface area (Å²) in [5.41, 5.74) is 14.6. The van der Waals surface area contributed by atoms with Gasteiger partial charge in [-0.1, -0.05) is 53.6 Å². The number of aryl methyl sites for hydroxylation is 3. The summed E-state index contributed by atoms with van der Waals surface area (Å²) >= 11 is 0. The first kappa shape index (κ1) is 17.2. The summed E-state index contributed by atoms with van der Waals surface area (Å²) in [5.74, 6) is 0. The standard InChI is InChI=1S/C23H26N2/c1-15-12-17(3)23(18(4)13-15)25-24-14-20-8-6-7-9-22(20)21-11-10-16(2)19(21)5/h6-10,12-14,25H,11H2,1-5H3/b24-14+. The Hall–Kier alpha value is -2.61. The van der Waals surface area contributed by atoms with Gasteiger partial charge in [0, 0.05) is 5.56 Å². The number of nitrogens with zero attached hydrogens (tertiary/aromatic N) is 1. The molecule has 3 rings (SSSR count). The molecule has 0 radical (unpaired) electrons. The molecule has 0 aliphatic heterocycles. The molecule has 0 fully saturated rings. The largest absolute Gasteiger partial charge is 0.278 e. The fraction of sp³-hybridized carbons (Fsp3) is 0.261. The second-order valence-electron chi connectivity index (χ2n) is 6.93. The summed E-state index contributed by atoms with van der Waals surface area (Å²) in [5, 5.41) is 4.52. The van der Waals surface area contributed by atoms with Crippen LogP contribution in [-0.4, -0.2) is 6.21 Å². The van der Waals surface area contributed by atoms with Crippen molar-refractivity contribution in [2.75, 3.05) is 5.43 Å². The van der Waals surface area contributed by atoms with Crippen molar-refractivity contribution in [1.82, 2.24) is 0 Å². The second-order valence-corrected chi connectivity index (χ2v) is 6.93. The third-order valence-corrected chi connectivity index (χ3v) is 5.00. The third kappa shape index (κ3) is 3.58. The summed E-state index contributed by atoms with van der Waals surface area (Å²) in [7, 11) is 0. The minimum absolute atomic E-state index is 1.01. The number of nitrogens with one attached hydrogen (secondary N) is 1. The highest BCUT2D eigenvalue weighted by atomic mass is 15.3. The number of hydrazone groups is 1. The minimum atomic E-state index is 1.01. The Bertz CT molecular complexity index is 875. The van der Waals surface area contributed by atoms with Gasteiger partial charge in [0.15, 0.2) is 0 Å². The number of benzene rings is 2. The van der Waals surface area contributed by atoms with Crippen molar-refractivity contribution < 1.29 is 0 Å². The van der Waals surface area contributed by atoms with E-state index in [0.717, 1.165) is 17.7 Å². The maximum atomic E-state index is 4.52. The maximum Gasteiger partial charge on any atom is 0.0620 e. The number of hydrogen-bond donors (Lipinski definition) is 1. The van der Waals surface area contributed by atoms with Crippen LogP contribution in [0.5, 0.6) is 0 Å². The van der Waals surface area contributed by atoms with Gasteiger partial charge in [0.05, 0.1) is 11.9 Å². The molecule has 0 saturated heterocycles. The molecule has 0 bridgehead atoms. The van der Waals surface area contributed by atoms with E-state index in [4.69, 9.17) is 0 Å². The predicted molar refractivity (Wildman–Crippen MR) is 109 cm³/mol. The van der Waals surface area contributed by atoms with Crippen LogP contribution in [0.15, 0.2) is 58.7 Å². The van der Waals surface area contributed by atoms with Crippen molar-refractivity contribution in [3.63, 3.8) is 0 Å². The van der Waals surface area contributed by atoms with E-state index in [1.54, 1.807) is 0 Å². The molecule has 0 spiro atoms. The van der Waals surface area contributed by atoms with E-state index in [2.05, 4.69) is 87.6 Å². The monoisotopic (exact) mass is 330 g/mol. The highest BCUT2D eigenvalue weighted by Gasteiger charge is 2.14. The van der Waals surface area contributed by atoms with Gasteiger partial charge in [0.25, 0.3) is 0 Å². The molecule has 0 heterocycles. The summed E-state index contributed by atoms with van der Waals surface area (Å²) < 4.78 is 0. The zero-order valence-corrected chi connectivity index (χ0v) is 15.8. The zero-order chi connectivity index (χ0) is 18.0. The summed E-state index contributed by atoms with van der Waals surface area (Å²) in [6.07, 6.45) is 5.24. The first-order chi connectivity index (χ1) is 12.0. The fourth-order valence-corrected chi connectivity index (χ4v) is 3.52. The molecule has 25 heavy (non-hydrogen) atoms. The van der Waals surface area contributed by atoms with Gasteiger partial charge in [0.1, 0.15) is 0 Å². The average Bonchev–Trinajstić information content (AvgIpc) is 2.90. The Kier molecular flexibility index (Phi) is 4.89. The van der Waals surface area contributed by atoms with Crippen molar-refractivity contribution >= 4 is 17.5 Å². The van der Waals surface area contributed by atoms with Crippen molar-refractivity contribution in [3.8, 4) is 0 Å². The maximum absolute atomic E-state index is 4.52. The van der Waals surface area contributed by atoms with Gasteiger partial charge < -0.3 is 0 Å². The molecule has 0 amide bonds. The molecule has 128 valence electrons. The van der Waals surface area contributed by atoms with Crippen LogP contribution in [0, 0.1) is 20.8 Å². The molecule has 2 heteroatoms. The molecule has 0 atom stereocenters. The van der Waals surface area contributed by atoms with Gasteiger partial charge in [-0.15, -0.1) is 0 Å². The van der Waals surface area contributed by atoms with E-state index in [0.29, 0.717) is 0 Å². The number of hydrogen-bond acceptors (Lipinski definition) is 2. The molecule has 0 unspecified atom stereocenters. The lowest BCUT2D eigenvalue weighted by Gasteiger charge is -2.11. The van der Waals surface area contributed by atoms with Crippen LogP contribution in [0.2, 0.25) is 0 Å². The van der Waals surface area contributed by atoms with Gasteiger partial charge in [-0.3, -0.25) is 5.43 Å². The molecule has 1 aliphatic rings. The SMILES string of the molecule is CC1=CCC(c2ccccc2/C=N/Nc2c(C)cc(C)cc2C)=C1C. The lowest BCUT2D eigenvalue weighted by molar-refractivity contribution is 1.25. The van der Waals surface area contributed by atoms with Crippen LogP contribution in [0.4, 0.5) is 5.69 Å². The van der Waals surface area contributed by atoms with Crippen molar-refractivity contribution in [1.29, 1.82) is 0 Å². The second kappa shape index (κ2) is 7.10. The van der Waals surface area contributed by atoms with Gasteiger partial charge in [-0.25, -0.2) is 0 Å². The zero-order valence-electron chi connectivity index (χ0n) is 15.8. The molecule has 2 aromatic carbocycles. The average molecular weight is 330 g/mol. The van der Waals surface area contributed by atoms with E-state index in [-0.39, 0.29) is 0 Å². The molecular weight excluding hydrogens is 304 g/mol. The molecule has 0 aromatic heterocycles. The minimum Gasteiger partial charge on any atom is -0.278 e. The first-order valence-electron chi connectivity index (χ1n) is 8.80. The number of rotatable bonds is 4. The van der Waals surface area contributed by atoms with Crippen LogP contribution in [0.25, 0.3) is 5.57 Å². The summed E-state index contributed by atoms with van der Waals surface area (Å²) in [6.45, 7) is 10.7. The Morgan fingerprint density at radius 2 is 1.64 bits per heavy atom. The number of anilines is 1. The highest BCUT2D eigenvalue weighted by Crippen LogP contribution is 2.34. The molecule has 1 N–H and O–H groups in total. The molecular formula is C23H26N2. The van der Waals surface area contributed by atoms with Gasteiger partial charge >= 0.3 is 0 Å². The smallest absolute Gasteiger partial charge is 0.0620 e. The van der Waals surface area contributed by atoms with E-state index >= 15 is 0 Å². The van der Waals surface area contributed by atoms with Crippen LogP contribution in [0.1, 0.15) is 48.1 Å². The lowest BCUT2D eigenvalue weighted by atomic mass is 9.96. The Balaban J connectivity index is 1.87. The Morgan fingerprint density at radius 1 is 0.960 bits per heavy atom. The Morgan fingerprint density at radius 3 is 2.28 bits per heavy atom. The summed E-state index contributed by atoms with van der Waals surface area (Å²) in [4.78, 5) is 0. The van der Waals surface area contributed by atoms with Crippen molar-refractivity contribution in [2.45, 2.75) is 41.0 Å². The van der Waals surface area contributed by atoms with Gasteiger partial charge in [0.2, 0.25) is 0 Å². The predicted octanol–water partition coefficient (Wildman–Crippen LogP) is 6.18. The first-order valence-corrected chi connectivity index (χ1v) is 8.80. The lowest BCUT2D eigenvalue weighted by Crippen LogP contribution is -1.98. The third-order valence-electron chi connectivity index (χ3n) is 5.00. The van der Waals surface area contributed by atoms with Crippen molar-refractivity contribution in [3.05, 3.63) is 81.4 Å². The van der Waals surface area contributed by atoms with E-state index in [9.17, 15) is 0 Å². The molecule has 1 aliphatic carbocycles. The van der Waals surface area contributed by atoms with Gasteiger partial charge in [-0.05, 0) is 68.9 Å². The van der Waals surface area contributed by atoms with E-state index in [1.165, 1.54) is 39.0 Å². The highest BCUT2D eigenvalue weighted by molar-refractivity contribution is 5.91. The normalized spacial score (nSPS) is 14.4. The molecule has 2 nitrogen and oxygen atoms in total. The fourth-order valence-electron chi connectivity index (χ4n) is 3.52. The van der Waals surface area contributed by atoms with Crippen LogP contribution < -0.4 is 5.43 Å². The molecule has 2 aromatic rings. The van der Waals surface area contributed by atoms with Crippen LogP contribution in [-0.2, 0) is 0 Å². The molecule has 0 saturated carbocycles. The quantitative estimate of drug-likeness (QED) is 0.525.